The van der Waals surface area contributed by atoms with Crippen molar-refractivity contribution in [3.8, 4) is 0 Å². The Labute approximate surface area is 118 Å². The maximum atomic E-state index is 5.37. The van der Waals surface area contributed by atoms with Crippen LogP contribution in [0.5, 0.6) is 0 Å². The van der Waals surface area contributed by atoms with Gasteiger partial charge in [0.05, 0.1) is 0 Å². The van der Waals surface area contributed by atoms with Crippen molar-refractivity contribution in [1.29, 1.82) is 0 Å². The molecule has 0 aromatic carbocycles. The third-order valence-corrected chi connectivity index (χ3v) is 3.48. The van der Waals surface area contributed by atoms with Gasteiger partial charge < -0.3 is 14.5 Å². The highest BCUT2D eigenvalue weighted by Crippen LogP contribution is 2.18. The maximum absolute atomic E-state index is 5.37. The molecule has 2 aromatic rings. The van der Waals surface area contributed by atoms with Gasteiger partial charge in [-0.05, 0) is 43.0 Å². The SMILES string of the molecule is Br.c1ccn2c(NCC3CCOCC3)ccc2c1. The molecule has 2 aromatic heterocycles. The molecule has 1 aliphatic heterocycles. The van der Waals surface area contributed by atoms with Gasteiger partial charge in [0.25, 0.3) is 0 Å². The number of hydrogen-bond acceptors (Lipinski definition) is 2. The van der Waals surface area contributed by atoms with Crippen LogP contribution in [-0.4, -0.2) is 24.2 Å². The first-order valence-electron chi connectivity index (χ1n) is 6.31. The van der Waals surface area contributed by atoms with Crippen molar-refractivity contribution in [3.05, 3.63) is 36.5 Å². The summed E-state index contributed by atoms with van der Waals surface area (Å²) in [6.45, 7) is 2.88. The molecule has 0 amide bonds. The Morgan fingerprint density at radius 2 is 2.00 bits per heavy atom. The van der Waals surface area contributed by atoms with Crippen molar-refractivity contribution in [2.75, 3.05) is 25.1 Å². The second-order valence-corrected chi connectivity index (χ2v) is 4.65. The zero-order valence-corrected chi connectivity index (χ0v) is 12.1. The lowest BCUT2D eigenvalue weighted by Crippen LogP contribution is -2.22. The fourth-order valence-corrected chi connectivity index (χ4v) is 2.40. The van der Waals surface area contributed by atoms with E-state index in [1.807, 2.05) is 0 Å². The zero-order chi connectivity index (χ0) is 11.5. The molecule has 1 fully saturated rings. The Hall–Kier alpha value is -1.00. The van der Waals surface area contributed by atoms with Gasteiger partial charge in [-0.15, -0.1) is 17.0 Å². The number of halogens is 1. The Kier molecular flexibility index (Phi) is 4.66. The lowest BCUT2D eigenvalue weighted by Gasteiger charge is -2.22. The molecule has 0 unspecified atom stereocenters. The van der Waals surface area contributed by atoms with E-state index in [1.165, 1.54) is 24.2 Å². The standard InChI is InChI=1S/C14H18N2O.BrH/c1-2-8-16-13(3-1)4-5-14(16)15-11-12-6-9-17-10-7-12;/h1-5,8,12,15H,6-7,9-11H2;1H. The summed E-state index contributed by atoms with van der Waals surface area (Å²) in [4.78, 5) is 0. The third-order valence-electron chi connectivity index (χ3n) is 3.48. The number of pyridine rings is 1. The summed E-state index contributed by atoms with van der Waals surface area (Å²) < 4.78 is 7.57. The molecule has 1 aliphatic rings. The van der Waals surface area contributed by atoms with Crippen LogP contribution in [0.1, 0.15) is 12.8 Å². The lowest BCUT2D eigenvalue weighted by molar-refractivity contribution is 0.0699. The van der Waals surface area contributed by atoms with Crippen LogP contribution < -0.4 is 5.32 Å². The van der Waals surface area contributed by atoms with Crippen molar-refractivity contribution in [1.82, 2.24) is 4.40 Å². The first-order chi connectivity index (χ1) is 8.43. The first kappa shape index (κ1) is 13.4. The smallest absolute Gasteiger partial charge is 0.110 e. The molecule has 3 rings (SSSR count). The van der Waals surface area contributed by atoms with Crippen molar-refractivity contribution in [2.24, 2.45) is 5.92 Å². The summed E-state index contributed by atoms with van der Waals surface area (Å²) in [5.41, 5.74) is 1.24. The van der Waals surface area contributed by atoms with E-state index < -0.39 is 0 Å². The highest BCUT2D eigenvalue weighted by atomic mass is 79.9. The van der Waals surface area contributed by atoms with Gasteiger partial charge in [0, 0.05) is 31.5 Å². The molecule has 0 atom stereocenters. The molecule has 0 radical (unpaired) electrons. The Bertz CT molecular complexity index is 491. The Morgan fingerprint density at radius 1 is 1.17 bits per heavy atom. The minimum Gasteiger partial charge on any atom is -0.381 e. The fourth-order valence-electron chi connectivity index (χ4n) is 2.40. The first-order valence-corrected chi connectivity index (χ1v) is 6.31. The maximum Gasteiger partial charge on any atom is 0.110 e. The van der Waals surface area contributed by atoms with Gasteiger partial charge in [-0.2, -0.15) is 0 Å². The summed E-state index contributed by atoms with van der Waals surface area (Å²) in [5.74, 6) is 1.94. The molecule has 1 saturated heterocycles. The average Bonchev–Trinajstić information content (AvgIpc) is 2.81. The Balaban J connectivity index is 0.00000120. The molecular formula is C14H19BrN2O. The second kappa shape index (κ2) is 6.25. The van der Waals surface area contributed by atoms with E-state index in [4.69, 9.17) is 4.74 Å². The van der Waals surface area contributed by atoms with Gasteiger partial charge in [0.2, 0.25) is 0 Å². The quantitative estimate of drug-likeness (QED) is 0.940. The van der Waals surface area contributed by atoms with Gasteiger partial charge in [-0.25, -0.2) is 0 Å². The fraction of sp³-hybridized carbons (Fsp3) is 0.429. The van der Waals surface area contributed by atoms with Crippen LogP contribution in [0, 0.1) is 5.92 Å². The summed E-state index contributed by atoms with van der Waals surface area (Å²) in [6, 6.07) is 10.5. The van der Waals surface area contributed by atoms with Gasteiger partial charge in [-0.3, -0.25) is 0 Å². The normalized spacial score (nSPS) is 16.4. The number of hydrogen-bond donors (Lipinski definition) is 1. The van der Waals surface area contributed by atoms with Crippen LogP contribution in [0.2, 0.25) is 0 Å². The monoisotopic (exact) mass is 310 g/mol. The van der Waals surface area contributed by atoms with Crippen molar-refractivity contribution < 1.29 is 4.74 Å². The van der Waals surface area contributed by atoms with Gasteiger partial charge in [0.1, 0.15) is 5.82 Å². The van der Waals surface area contributed by atoms with Gasteiger partial charge >= 0.3 is 0 Å². The van der Waals surface area contributed by atoms with Crippen molar-refractivity contribution in [2.45, 2.75) is 12.8 Å². The molecule has 98 valence electrons. The molecular weight excluding hydrogens is 292 g/mol. The highest BCUT2D eigenvalue weighted by molar-refractivity contribution is 8.93. The van der Waals surface area contributed by atoms with Crippen LogP contribution in [0.3, 0.4) is 0 Å². The predicted octanol–water partition coefficient (Wildman–Crippen LogP) is 3.36. The molecule has 18 heavy (non-hydrogen) atoms. The van der Waals surface area contributed by atoms with E-state index in [1.54, 1.807) is 0 Å². The number of aromatic nitrogens is 1. The largest absolute Gasteiger partial charge is 0.381 e. The molecule has 3 nitrogen and oxygen atoms in total. The van der Waals surface area contributed by atoms with Crippen LogP contribution in [0.4, 0.5) is 5.82 Å². The number of fused-ring (bicyclic) bond motifs is 1. The molecule has 0 saturated carbocycles. The summed E-state index contributed by atoms with van der Waals surface area (Å²) in [5, 5.41) is 3.54. The van der Waals surface area contributed by atoms with Crippen LogP contribution in [0.15, 0.2) is 36.5 Å². The summed E-state index contributed by atoms with van der Waals surface area (Å²) in [7, 11) is 0. The average molecular weight is 311 g/mol. The number of ether oxygens (including phenoxy) is 1. The molecule has 0 bridgehead atoms. The van der Waals surface area contributed by atoms with E-state index in [0.29, 0.717) is 0 Å². The third kappa shape index (κ3) is 2.87. The van der Waals surface area contributed by atoms with Crippen LogP contribution >= 0.6 is 17.0 Å². The molecule has 1 N–H and O–H groups in total. The van der Waals surface area contributed by atoms with Gasteiger partial charge in [0.15, 0.2) is 0 Å². The summed E-state index contributed by atoms with van der Waals surface area (Å²) >= 11 is 0. The van der Waals surface area contributed by atoms with E-state index in [0.717, 1.165) is 25.7 Å². The molecule has 0 aliphatic carbocycles. The highest BCUT2D eigenvalue weighted by Gasteiger charge is 2.13. The number of anilines is 1. The number of nitrogens with one attached hydrogen (secondary N) is 1. The molecule has 4 heteroatoms. The van der Waals surface area contributed by atoms with Crippen LogP contribution in [0.25, 0.3) is 5.52 Å². The summed E-state index contributed by atoms with van der Waals surface area (Å²) in [6.07, 6.45) is 4.45. The zero-order valence-electron chi connectivity index (χ0n) is 10.3. The number of nitrogens with zero attached hydrogens (tertiary/aromatic N) is 1. The lowest BCUT2D eigenvalue weighted by atomic mass is 10.0. The van der Waals surface area contributed by atoms with E-state index >= 15 is 0 Å². The second-order valence-electron chi connectivity index (χ2n) is 4.65. The van der Waals surface area contributed by atoms with Crippen molar-refractivity contribution in [3.63, 3.8) is 0 Å². The minimum atomic E-state index is 0. The molecule has 3 heterocycles. The van der Waals surface area contributed by atoms with Crippen LogP contribution in [-0.2, 0) is 4.74 Å². The van der Waals surface area contributed by atoms with E-state index in [2.05, 4.69) is 46.2 Å². The predicted molar refractivity (Wildman–Crippen MR) is 79.8 cm³/mol. The Morgan fingerprint density at radius 3 is 2.83 bits per heavy atom. The number of rotatable bonds is 3. The molecule has 0 spiro atoms. The van der Waals surface area contributed by atoms with E-state index in [-0.39, 0.29) is 17.0 Å². The topological polar surface area (TPSA) is 25.7 Å². The minimum absolute atomic E-state index is 0. The van der Waals surface area contributed by atoms with Crippen molar-refractivity contribution >= 4 is 28.3 Å². The van der Waals surface area contributed by atoms with Gasteiger partial charge in [-0.1, -0.05) is 6.07 Å². The van der Waals surface area contributed by atoms with E-state index in [9.17, 15) is 0 Å².